The highest BCUT2D eigenvalue weighted by Crippen LogP contribution is 2.06. The second-order valence-electron chi connectivity index (χ2n) is 3.32. The fraction of sp³-hybridized carbons (Fsp3) is 0.333. The van der Waals surface area contributed by atoms with Gasteiger partial charge in [-0.25, -0.2) is 0 Å². The van der Waals surface area contributed by atoms with E-state index in [2.05, 4.69) is 5.32 Å². The van der Waals surface area contributed by atoms with Crippen molar-refractivity contribution in [3.05, 3.63) is 35.9 Å². The van der Waals surface area contributed by atoms with Crippen LogP contribution in [0.2, 0.25) is 0 Å². The third-order valence-corrected chi connectivity index (χ3v) is 2.18. The number of nitrogens with one attached hydrogen (secondary N) is 1. The van der Waals surface area contributed by atoms with Gasteiger partial charge in [0.2, 0.25) is 5.91 Å². The molecule has 3 nitrogen and oxygen atoms in total. The summed E-state index contributed by atoms with van der Waals surface area (Å²) in [6.07, 6.45) is 1.44. The zero-order valence-corrected chi connectivity index (χ0v) is 8.82. The minimum atomic E-state index is -0.0177. The number of hydrogen-bond acceptors (Lipinski definition) is 2. The van der Waals surface area contributed by atoms with Crippen molar-refractivity contribution >= 4 is 11.7 Å². The highest BCUT2D eigenvalue weighted by molar-refractivity contribution is 5.96. The Bertz CT molecular complexity index is 333. The van der Waals surface area contributed by atoms with Gasteiger partial charge in [-0.05, 0) is 6.42 Å². The number of benzene rings is 1. The molecule has 0 atom stereocenters. The van der Waals surface area contributed by atoms with Crippen LogP contribution in [0.5, 0.6) is 0 Å². The lowest BCUT2D eigenvalue weighted by atomic mass is 10.1. The molecule has 0 unspecified atom stereocenters. The Balaban J connectivity index is 2.34. The van der Waals surface area contributed by atoms with E-state index in [0.717, 1.165) is 5.56 Å². The summed E-state index contributed by atoms with van der Waals surface area (Å²) in [5.74, 6) is 0.0790. The Morgan fingerprint density at radius 2 is 1.80 bits per heavy atom. The summed E-state index contributed by atoms with van der Waals surface area (Å²) in [4.78, 5) is 22.5. The largest absolute Gasteiger partial charge is 0.359 e. The fourth-order valence-electron chi connectivity index (χ4n) is 1.30. The van der Waals surface area contributed by atoms with Crippen molar-refractivity contribution in [3.63, 3.8) is 0 Å². The van der Waals surface area contributed by atoms with Crippen LogP contribution in [0, 0.1) is 0 Å². The standard InChI is InChI=1S/C12H15NO2/c1-13-12(15)9-5-8-11(14)10-6-3-2-4-7-10/h2-4,6-7H,5,8-9H2,1H3,(H,13,15). The first-order valence-electron chi connectivity index (χ1n) is 5.03. The van der Waals surface area contributed by atoms with Crippen molar-refractivity contribution in [1.82, 2.24) is 5.32 Å². The molecule has 1 rings (SSSR count). The zero-order valence-electron chi connectivity index (χ0n) is 8.82. The molecular formula is C12H15NO2. The number of rotatable bonds is 5. The van der Waals surface area contributed by atoms with E-state index in [1.165, 1.54) is 0 Å². The van der Waals surface area contributed by atoms with Crippen molar-refractivity contribution in [3.8, 4) is 0 Å². The van der Waals surface area contributed by atoms with Crippen LogP contribution in [0.15, 0.2) is 30.3 Å². The van der Waals surface area contributed by atoms with Crippen molar-refractivity contribution in [2.75, 3.05) is 7.05 Å². The molecule has 0 aliphatic carbocycles. The van der Waals surface area contributed by atoms with Gasteiger partial charge in [0.05, 0.1) is 0 Å². The molecule has 0 saturated carbocycles. The SMILES string of the molecule is CNC(=O)CCCC(=O)c1ccccc1. The summed E-state index contributed by atoms with van der Waals surface area (Å²) in [7, 11) is 1.60. The van der Waals surface area contributed by atoms with Crippen molar-refractivity contribution < 1.29 is 9.59 Å². The maximum atomic E-state index is 11.6. The maximum Gasteiger partial charge on any atom is 0.219 e. The van der Waals surface area contributed by atoms with Gasteiger partial charge in [-0.15, -0.1) is 0 Å². The lowest BCUT2D eigenvalue weighted by Gasteiger charge is -2.00. The van der Waals surface area contributed by atoms with E-state index in [1.807, 2.05) is 18.2 Å². The second kappa shape index (κ2) is 5.96. The van der Waals surface area contributed by atoms with E-state index in [-0.39, 0.29) is 11.7 Å². The lowest BCUT2D eigenvalue weighted by molar-refractivity contribution is -0.120. The summed E-state index contributed by atoms with van der Waals surface area (Å²) >= 11 is 0. The van der Waals surface area contributed by atoms with Crippen LogP contribution in [0.25, 0.3) is 0 Å². The van der Waals surface area contributed by atoms with Crippen LogP contribution >= 0.6 is 0 Å². The van der Waals surface area contributed by atoms with Gasteiger partial charge in [-0.1, -0.05) is 30.3 Å². The predicted molar refractivity (Wildman–Crippen MR) is 58.7 cm³/mol. The Kier molecular flexibility index (Phi) is 4.54. The molecule has 0 aromatic heterocycles. The Hall–Kier alpha value is -1.64. The molecule has 80 valence electrons. The van der Waals surface area contributed by atoms with Gasteiger partial charge in [0.15, 0.2) is 5.78 Å². The first-order valence-corrected chi connectivity index (χ1v) is 5.03. The van der Waals surface area contributed by atoms with E-state index < -0.39 is 0 Å². The van der Waals surface area contributed by atoms with Gasteiger partial charge >= 0.3 is 0 Å². The average molecular weight is 205 g/mol. The molecule has 15 heavy (non-hydrogen) atoms. The van der Waals surface area contributed by atoms with Crippen molar-refractivity contribution in [2.24, 2.45) is 0 Å². The fourth-order valence-corrected chi connectivity index (χ4v) is 1.30. The van der Waals surface area contributed by atoms with Crippen LogP contribution in [-0.4, -0.2) is 18.7 Å². The molecule has 0 aliphatic rings. The molecule has 0 radical (unpaired) electrons. The molecule has 1 N–H and O–H groups in total. The van der Waals surface area contributed by atoms with Crippen LogP contribution < -0.4 is 5.32 Å². The first-order chi connectivity index (χ1) is 7.24. The van der Waals surface area contributed by atoms with Gasteiger partial charge in [0, 0.05) is 25.5 Å². The highest BCUT2D eigenvalue weighted by Gasteiger charge is 2.05. The summed E-state index contributed by atoms with van der Waals surface area (Å²) in [6, 6.07) is 9.14. The highest BCUT2D eigenvalue weighted by atomic mass is 16.1. The monoisotopic (exact) mass is 205 g/mol. The molecule has 3 heteroatoms. The van der Waals surface area contributed by atoms with Gasteiger partial charge in [-0.3, -0.25) is 9.59 Å². The molecule has 0 saturated heterocycles. The third-order valence-electron chi connectivity index (χ3n) is 2.18. The minimum Gasteiger partial charge on any atom is -0.359 e. The molecule has 0 aliphatic heterocycles. The Labute approximate surface area is 89.5 Å². The van der Waals surface area contributed by atoms with Gasteiger partial charge in [0.1, 0.15) is 0 Å². The average Bonchev–Trinajstić information content (AvgIpc) is 2.29. The summed E-state index contributed by atoms with van der Waals surface area (Å²) < 4.78 is 0. The Morgan fingerprint density at radius 3 is 2.40 bits per heavy atom. The summed E-state index contributed by atoms with van der Waals surface area (Å²) in [6.45, 7) is 0. The molecule has 0 spiro atoms. The molecule has 0 heterocycles. The number of ketones is 1. The predicted octanol–water partition coefficient (Wildman–Crippen LogP) is 1.79. The number of amides is 1. The molecule has 1 aromatic rings. The van der Waals surface area contributed by atoms with Gasteiger partial charge in [0.25, 0.3) is 0 Å². The first kappa shape index (κ1) is 11.4. The minimum absolute atomic E-state index is 0.0177. The maximum absolute atomic E-state index is 11.6. The van der Waals surface area contributed by atoms with Crippen LogP contribution in [-0.2, 0) is 4.79 Å². The summed E-state index contributed by atoms with van der Waals surface area (Å²) in [5.41, 5.74) is 0.717. The van der Waals surface area contributed by atoms with Crippen LogP contribution in [0.4, 0.5) is 0 Å². The molecule has 1 aromatic carbocycles. The number of Topliss-reactive ketones (excluding diaryl/α,β-unsaturated/α-hetero) is 1. The summed E-state index contributed by atoms with van der Waals surface area (Å²) in [5, 5.41) is 2.53. The van der Waals surface area contributed by atoms with E-state index in [4.69, 9.17) is 0 Å². The van der Waals surface area contributed by atoms with Crippen LogP contribution in [0.3, 0.4) is 0 Å². The van der Waals surface area contributed by atoms with E-state index >= 15 is 0 Å². The van der Waals surface area contributed by atoms with Gasteiger partial charge < -0.3 is 5.32 Å². The third kappa shape index (κ3) is 3.94. The zero-order chi connectivity index (χ0) is 11.1. The topological polar surface area (TPSA) is 46.2 Å². The Morgan fingerprint density at radius 1 is 1.13 bits per heavy atom. The molecule has 0 fully saturated rings. The van der Waals surface area contributed by atoms with E-state index in [9.17, 15) is 9.59 Å². The smallest absolute Gasteiger partial charge is 0.219 e. The van der Waals surface area contributed by atoms with E-state index in [0.29, 0.717) is 19.3 Å². The quantitative estimate of drug-likeness (QED) is 0.745. The normalized spacial score (nSPS) is 9.67. The van der Waals surface area contributed by atoms with E-state index in [1.54, 1.807) is 19.2 Å². The number of hydrogen-bond donors (Lipinski definition) is 1. The lowest BCUT2D eigenvalue weighted by Crippen LogP contribution is -2.17. The number of carbonyl (C=O) groups excluding carboxylic acids is 2. The van der Waals surface area contributed by atoms with Crippen LogP contribution in [0.1, 0.15) is 29.6 Å². The van der Waals surface area contributed by atoms with Crippen molar-refractivity contribution in [1.29, 1.82) is 0 Å². The number of carbonyl (C=O) groups is 2. The molecular weight excluding hydrogens is 190 g/mol. The van der Waals surface area contributed by atoms with Crippen molar-refractivity contribution in [2.45, 2.75) is 19.3 Å². The molecule has 0 bridgehead atoms. The second-order valence-corrected chi connectivity index (χ2v) is 3.32. The molecule has 1 amide bonds. The van der Waals surface area contributed by atoms with Gasteiger partial charge in [-0.2, -0.15) is 0 Å².